The zero-order valence-corrected chi connectivity index (χ0v) is 22.7. The molecule has 2 saturated heterocycles. The summed E-state index contributed by atoms with van der Waals surface area (Å²) in [5, 5.41) is 0. The monoisotopic (exact) mass is 486 g/mol. The molecule has 0 bridgehead atoms. The first kappa shape index (κ1) is 26.0. The molecule has 2 fully saturated rings. The molecule has 0 spiro atoms. The summed E-state index contributed by atoms with van der Waals surface area (Å²) in [6.07, 6.45) is 8.64. The molecule has 5 heteroatoms. The molecule has 0 aromatic heterocycles. The van der Waals surface area contributed by atoms with E-state index in [2.05, 4.69) is 77.1 Å². The van der Waals surface area contributed by atoms with Crippen LogP contribution in [0, 0.1) is 0 Å². The molecule has 4 rings (SSSR count). The molecule has 1 aromatic rings. The Morgan fingerprint density at radius 3 is 2.44 bits per heavy atom. The number of benzene rings is 1. The molecule has 3 aliphatic heterocycles. The molecule has 188 valence electrons. The molecule has 4 nitrogen and oxygen atoms in total. The first-order valence-electron chi connectivity index (χ1n) is 12.7. The molecule has 0 N–H and O–H groups in total. The molecule has 0 amide bonds. The predicted molar refractivity (Wildman–Crippen MR) is 139 cm³/mol. The van der Waals surface area contributed by atoms with Crippen molar-refractivity contribution in [1.82, 2.24) is 0 Å². The highest BCUT2D eigenvalue weighted by molar-refractivity contribution is 7.99. The summed E-state index contributed by atoms with van der Waals surface area (Å²) in [7, 11) is 0. The smallest absolute Gasteiger partial charge is 0.164 e. The predicted octanol–water partition coefficient (Wildman–Crippen LogP) is 7.09. The average Bonchev–Trinajstić information content (AvgIpc) is 3.29. The van der Waals surface area contributed by atoms with Crippen LogP contribution in [0.5, 0.6) is 0 Å². The van der Waals surface area contributed by atoms with E-state index in [0.717, 1.165) is 31.4 Å². The average molecular weight is 487 g/mol. The van der Waals surface area contributed by atoms with Crippen LogP contribution in [0.15, 0.2) is 58.5 Å². The van der Waals surface area contributed by atoms with E-state index in [0.29, 0.717) is 0 Å². The van der Waals surface area contributed by atoms with E-state index in [1.54, 1.807) is 0 Å². The number of hydrogen-bond acceptors (Lipinski definition) is 5. The number of ether oxygens (including phenoxy) is 4. The molecule has 1 unspecified atom stereocenters. The molecule has 3 aliphatic rings. The topological polar surface area (TPSA) is 40.2 Å². The van der Waals surface area contributed by atoms with Crippen LogP contribution in [0.2, 0.25) is 0 Å². The van der Waals surface area contributed by atoms with Crippen LogP contribution >= 0.6 is 11.8 Å². The van der Waals surface area contributed by atoms with Gasteiger partial charge in [-0.3, -0.25) is 0 Å². The van der Waals surface area contributed by atoms with Gasteiger partial charge in [0.2, 0.25) is 0 Å². The summed E-state index contributed by atoms with van der Waals surface area (Å²) in [6.45, 7) is 14.9. The molecule has 3 heterocycles. The number of epoxide rings is 1. The van der Waals surface area contributed by atoms with E-state index < -0.39 is 11.4 Å². The maximum Gasteiger partial charge on any atom is 0.164 e. The van der Waals surface area contributed by atoms with Crippen molar-refractivity contribution in [2.45, 2.75) is 120 Å². The van der Waals surface area contributed by atoms with Crippen LogP contribution in [-0.2, 0) is 18.9 Å². The van der Waals surface area contributed by atoms with Gasteiger partial charge >= 0.3 is 0 Å². The summed E-state index contributed by atoms with van der Waals surface area (Å²) in [6, 6.07) is 10.6. The number of rotatable bonds is 9. The maximum atomic E-state index is 6.74. The highest BCUT2D eigenvalue weighted by Gasteiger charge is 2.59. The van der Waals surface area contributed by atoms with Crippen molar-refractivity contribution < 1.29 is 18.9 Å². The summed E-state index contributed by atoms with van der Waals surface area (Å²) < 4.78 is 25.6. The summed E-state index contributed by atoms with van der Waals surface area (Å²) in [5.41, 5.74) is 2.18. The van der Waals surface area contributed by atoms with Crippen LogP contribution < -0.4 is 0 Å². The van der Waals surface area contributed by atoms with Gasteiger partial charge in [-0.1, -0.05) is 35.9 Å². The fourth-order valence-corrected chi connectivity index (χ4v) is 6.11. The third-order valence-electron chi connectivity index (χ3n) is 7.48. The lowest BCUT2D eigenvalue weighted by Gasteiger charge is -2.41. The Bertz CT molecular complexity index is 906. The SMILES string of the molecule is CC1=CC[C@H]([C@@]2(C)OC(C)(C)O[C@H]2CC2OC2(C)C)O[C@H]1CC/C(C)=C/CSc1ccccc1. The van der Waals surface area contributed by atoms with Crippen LogP contribution in [-0.4, -0.2) is 47.2 Å². The first-order chi connectivity index (χ1) is 16.0. The van der Waals surface area contributed by atoms with Gasteiger partial charge in [-0.05, 0) is 85.4 Å². The Morgan fingerprint density at radius 1 is 1.06 bits per heavy atom. The fraction of sp³-hybridized carbons (Fsp3) is 0.655. The molecular formula is C29H42O4S. The van der Waals surface area contributed by atoms with E-state index in [9.17, 15) is 0 Å². The normalized spacial score (nSPS) is 34.7. The van der Waals surface area contributed by atoms with Gasteiger partial charge in [0.1, 0.15) is 5.60 Å². The minimum absolute atomic E-state index is 0.0345. The van der Waals surface area contributed by atoms with Crippen molar-refractivity contribution in [3.05, 3.63) is 53.6 Å². The highest BCUT2D eigenvalue weighted by Crippen LogP contribution is 2.48. The van der Waals surface area contributed by atoms with Gasteiger partial charge < -0.3 is 18.9 Å². The maximum absolute atomic E-state index is 6.74. The zero-order chi connectivity index (χ0) is 24.6. The quantitative estimate of drug-likeness (QED) is 0.212. The summed E-state index contributed by atoms with van der Waals surface area (Å²) in [4.78, 5) is 1.31. The van der Waals surface area contributed by atoms with E-state index in [1.807, 2.05) is 25.6 Å². The van der Waals surface area contributed by atoms with Gasteiger partial charge in [0.15, 0.2) is 5.79 Å². The first-order valence-corrected chi connectivity index (χ1v) is 13.7. The third-order valence-corrected chi connectivity index (χ3v) is 8.42. The Morgan fingerprint density at radius 2 is 1.76 bits per heavy atom. The van der Waals surface area contributed by atoms with Gasteiger partial charge in [0.05, 0.1) is 30.0 Å². The number of hydrogen-bond donors (Lipinski definition) is 0. The van der Waals surface area contributed by atoms with Crippen molar-refractivity contribution in [2.24, 2.45) is 0 Å². The van der Waals surface area contributed by atoms with Gasteiger partial charge in [-0.25, -0.2) is 0 Å². The second-order valence-corrected chi connectivity index (χ2v) is 12.3. The lowest BCUT2D eigenvalue weighted by molar-refractivity contribution is -0.194. The van der Waals surface area contributed by atoms with Crippen molar-refractivity contribution in [3.63, 3.8) is 0 Å². The molecule has 1 aromatic carbocycles. The largest absolute Gasteiger partial charge is 0.367 e. The Kier molecular flexibility index (Phi) is 7.71. The third kappa shape index (κ3) is 6.17. The van der Waals surface area contributed by atoms with E-state index in [4.69, 9.17) is 18.9 Å². The number of thioether (sulfide) groups is 1. The van der Waals surface area contributed by atoms with Crippen molar-refractivity contribution in [2.75, 3.05) is 5.75 Å². The van der Waals surface area contributed by atoms with Crippen LogP contribution in [0.3, 0.4) is 0 Å². The van der Waals surface area contributed by atoms with Crippen LogP contribution in [0.25, 0.3) is 0 Å². The summed E-state index contributed by atoms with van der Waals surface area (Å²) in [5.74, 6) is 0.377. The Balaban J connectivity index is 1.35. The standard InChI is InChI=1S/C29H42O4S/c1-20(17-18-34-22-11-9-8-10-12-22)13-15-23-21(2)14-16-24(30-23)29(7)26(32-28(5,6)33-29)19-25-27(3,4)31-25/h8-12,14,17,23-26H,13,15-16,18-19H2,1-7H3/b20-17+/t23-,24+,25?,26-,29+/m0/s1. The van der Waals surface area contributed by atoms with Gasteiger partial charge in [0, 0.05) is 17.1 Å². The molecule has 0 saturated carbocycles. The second kappa shape index (κ2) is 10.1. The van der Waals surface area contributed by atoms with Gasteiger partial charge in [0.25, 0.3) is 0 Å². The van der Waals surface area contributed by atoms with Crippen molar-refractivity contribution in [1.29, 1.82) is 0 Å². The van der Waals surface area contributed by atoms with E-state index in [-0.39, 0.29) is 30.0 Å². The number of allylic oxidation sites excluding steroid dienone is 1. The Hall–Kier alpha value is -1.11. The van der Waals surface area contributed by atoms with Crippen LogP contribution in [0.4, 0.5) is 0 Å². The van der Waals surface area contributed by atoms with Gasteiger partial charge in [-0.15, -0.1) is 11.8 Å². The van der Waals surface area contributed by atoms with E-state index in [1.165, 1.54) is 16.0 Å². The molecule has 5 atom stereocenters. The van der Waals surface area contributed by atoms with Gasteiger partial charge in [-0.2, -0.15) is 0 Å². The van der Waals surface area contributed by atoms with Crippen molar-refractivity contribution >= 4 is 11.8 Å². The Labute approximate surface area is 210 Å². The summed E-state index contributed by atoms with van der Waals surface area (Å²) >= 11 is 1.88. The highest BCUT2D eigenvalue weighted by atomic mass is 32.2. The molecule has 0 radical (unpaired) electrons. The lowest BCUT2D eigenvalue weighted by Crippen LogP contribution is -2.52. The van der Waals surface area contributed by atoms with E-state index >= 15 is 0 Å². The molecule has 34 heavy (non-hydrogen) atoms. The molecular weight excluding hydrogens is 444 g/mol. The minimum atomic E-state index is -0.622. The second-order valence-electron chi connectivity index (χ2n) is 11.2. The fourth-order valence-electron chi connectivity index (χ4n) is 5.20. The zero-order valence-electron chi connectivity index (χ0n) is 21.9. The minimum Gasteiger partial charge on any atom is -0.367 e. The lowest BCUT2D eigenvalue weighted by atomic mass is 9.84. The van der Waals surface area contributed by atoms with Crippen molar-refractivity contribution in [3.8, 4) is 0 Å². The van der Waals surface area contributed by atoms with Crippen LogP contribution in [0.1, 0.15) is 74.1 Å². The molecule has 0 aliphatic carbocycles.